The van der Waals surface area contributed by atoms with Crippen LogP contribution in [-0.4, -0.2) is 12.5 Å². The lowest BCUT2D eigenvalue weighted by molar-refractivity contribution is -0.117. The smallest absolute Gasteiger partial charge is 0.224 e. The standard InChI is InChI=1S/C20H31NO2/c1-2-3-4-5-8-14-23-19-13-9-12-18(16-19)21-20(22)15-17-10-6-7-11-17/h9,12-13,16-17H,2-8,10-11,14-15H2,1H3,(H,21,22). The Balaban J connectivity index is 1.69. The highest BCUT2D eigenvalue weighted by atomic mass is 16.5. The van der Waals surface area contributed by atoms with Crippen LogP contribution in [0, 0.1) is 5.92 Å². The minimum atomic E-state index is 0.133. The van der Waals surface area contributed by atoms with Crippen molar-refractivity contribution in [3.63, 3.8) is 0 Å². The maximum atomic E-state index is 12.1. The highest BCUT2D eigenvalue weighted by Crippen LogP contribution is 2.28. The van der Waals surface area contributed by atoms with Crippen molar-refractivity contribution in [2.24, 2.45) is 5.92 Å². The van der Waals surface area contributed by atoms with E-state index in [9.17, 15) is 4.79 Å². The Kier molecular flexibility index (Phi) is 7.99. The van der Waals surface area contributed by atoms with Crippen molar-refractivity contribution in [2.45, 2.75) is 71.1 Å². The van der Waals surface area contributed by atoms with E-state index in [4.69, 9.17) is 4.74 Å². The molecule has 1 N–H and O–H groups in total. The molecule has 1 fully saturated rings. The molecule has 0 aromatic heterocycles. The van der Waals surface area contributed by atoms with E-state index in [1.807, 2.05) is 24.3 Å². The summed E-state index contributed by atoms with van der Waals surface area (Å²) >= 11 is 0. The number of benzene rings is 1. The van der Waals surface area contributed by atoms with Crippen molar-refractivity contribution in [1.82, 2.24) is 0 Å². The second kappa shape index (κ2) is 10.3. The summed E-state index contributed by atoms with van der Waals surface area (Å²) in [6.07, 6.45) is 11.8. The van der Waals surface area contributed by atoms with Crippen LogP contribution >= 0.6 is 0 Å². The molecule has 1 aliphatic rings. The predicted molar refractivity (Wildman–Crippen MR) is 95.9 cm³/mol. The molecule has 1 aliphatic carbocycles. The molecule has 3 nitrogen and oxygen atoms in total. The molecule has 128 valence electrons. The molecular weight excluding hydrogens is 286 g/mol. The molecule has 0 heterocycles. The summed E-state index contributed by atoms with van der Waals surface area (Å²) in [5, 5.41) is 3.01. The van der Waals surface area contributed by atoms with Gasteiger partial charge in [-0.2, -0.15) is 0 Å². The normalized spacial score (nSPS) is 14.8. The van der Waals surface area contributed by atoms with Crippen molar-refractivity contribution in [3.05, 3.63) is 24.3 Å². The molecule has 0 unspecified atom stereocenters. The fourth-order valence-corrected chi connectivity index (χ4v) is 3.25. The van der Waals surface area contributed by atoms with Crippen LogP contribution in [0.2, 0.25) is 0 Å². The van der Waals surface area contributed by atoms with Gasteiger partial charge in [0, 0.05) is 18.2 Å². The van der Waals surface area contributed by atoms with Gasteiger partial charge in [-0.1, -0.05) is 51.5 Å². The Morgan fingerprint density at radius 3 is 2.74 bits per heavy atom. The molecule has 3 heteroatoms. The molecule has 2 rings (SSSR count). The number of hydrogen-bond donors (Lipinski definition) is 1. The van der Waals surface area contributed by atoms with Crippen LogP contribution in [0.5, 0.6) is 5.75 Å². The predicted octanol–water partition coefficient (Wildman–Crippen LogP) is 5.55. The minimum Gasteiger partial charge on any atom is -0.494 e. The summed E-state index contributed by atoms with van der Waals surface area (Å²) in [6.45, 7) is 2.98. The van der Waals surface area contributed by atoms with Crippen molar-refractivity contribution in [2.75, 3.05) is 11.9 Å². The van der Waals surface area contributed by atoms with Crippen LogP contribution < -0.4 is 10.1 Å². The number of carbonyl (C=O) groups excluding carboxylic acids is 1. The van der Waals surface area contributed by atoms with Crippen LogP contribution in [-0.2, 0) is 4.79 Å². The summed E-state index contributed by atoms with van der Waals surface area (Å²) in [6, 6.07) is 7.76. The largest absolute Gasteiger partial charge is 0.494 e. The van der Waals surface area contributed by atoms with Gasteiger partial charge in [0.1, 0.15) is 5.75 Å². The first-order chi connectivity index (χ1) is 11.3. The number of hydrogen-bond acceptors (Lipinski definition) is 2. The molecule has 0 radical (unpaired) electrons. The summed E-state index contributed by atoms with van der Waals surface area (Å²) in [5.41, 5.74) is 0.844. The molecule has 0 aliphatic heterocycles. The van der Waals surface area contributed by atoms with Gasteiger partial charge < -0.3 is 10.1 Å². The van der Waals surface area contributed by atoms with E-state index in [1.165, 1.54) is 51.4 Å². The third kappa shape index (κ3) is 7.06. The van der Waals surface area contributed by atoms with Gasteiger partial charge in [-0.25, -0.2) is 0 Å². The van der Waals surface area contributed by atoms with Crippen LogP contribution in [0.3, 0.4) is 0 Å². The van der Waals surface area contributed by atoms with Crippen LogP contribution in [0.25, 0.3) is 0 Å². The van der Waals surface area contributed by atoms with Gasteiger partial charge in [-0.3, -0.25) is 4.79 Å². The SMILES string of the molecule is CCCCCCCOc1cccc(NC(=O)CC2CCCC2)c1. The first-order valence-electron chi connectivity index (χ1n) is 9.30. The molecule has 0 spiro atoms. The average Bonchev–Trinajstić information content (AvgIpc) is 3.04. The monoisotopic (exact) mass is 317 g/mol. The third-order valence-electron chi connectivity index (χ3n) is 4.58. The summed E-state index contributed by atoms with van der Waals surface area (Å²) in [4.78, 5) is 12.1. The van der Waals surface area contributed by atoms with E-state index in [0.717, 1.165) is 24.5 Å². The summed E-state index contributed by atoms with van der Waals surface area (Å²) < 4.78 is 5.79. The Hall–Kier alpha value is -1.51. The summed E-state index contributed by atoms with van der Waals surface area (Å²) in [5.74, 6) is 1.56. The van der Waals surface area contributed by atoms with Crippen LogP contribution in [0.4, 0.5) is 5.69 Å². The average molecular weight is 317 g/mol. The van der Waals surface area contributed by atoms with E-state index in [-0.39, 0.29) is 5.91 Å². The Morgan fingerprint density at radius 1 is 1.17 bits per heavy atom. The van der Waals surface area contributed by atoms with Gasteiger partial charge >= 0.3 is 0 Å². The van der Waals surface area contributed by atoms with Gasteiger partial charge in [0.15, 0.2) is 0 Å². The lowest BCUT2D eigenvalue weighted by Crippen LogP contribution is -2.15. The fourth-order valence-electron chi connectivity index (χ4n) is 3.25. The second-order valence-electron chi connectivity index (χ2n) is 6.69. The molecule has 23 heavy (non-hydrogen) atoms. The van der Waals surface area contributed by atoms with Crippen molar-refractivity contribution in [1.29, 1.82) is 0 Å². The zero-order valence-corrected chi connectivity index (χ0v) is 14.5. The van der Waals surface area contributed by atoms with E-state index in [0.29, 0.717) is 12.3 Å². The number of anilines is 1. The Bertz CT molecular complexity index is 466. The van der Waals surface area contributed by atoms with E-state index < -0.39 is 0 Å². The zero-order chi connectivity index (χ0) is 16.3. The Labute approximate surface area is 140 Å². The molecule has 0 bridgehead atoms. The van der Waals surface area contributed by atoms with Gasteiger partial charge in [0.2, 0.25) is 5.91 Å². The highest BCUT2D eigenvalue weighted by molar-refractivity contribution is 5.91. The van der Waals surface area contributed by atoms with Gasteiger partial charge in [0.05, 0.1) is 6.61 Å². The third-order valence-corrected chi connectivity index (χ3v) is 4.58. The van der Waals surface area contributed by atoms with Crippen molar-refractivity contribution in [3.8, 4) is 5.75 Å². The molecule has 0 saturated heterocycles. The van der Waals surface area contributed by atoms with E-state index in [2.05, 4.69) is 12.2 Å². The van der Waals surface area contributed by atoms with Crippen LogP contribution in [0.1, 0.15) is 71.1 Å². The zero-order valence-electron chi connectivity index (χ0n) is 14.5. The molecule has 0 atom stereocenters. The van der Waals surface area contributed by atoms with Gasteiger partial charge in [-0.05, 0) is 37.3 Å². The van der Waals surface area contributed by atoms with Gasteiger partial charge in [0.25, 0.3) is 0 Å². The summed E-state index contributed by atoms with van der Waals surface area (Å²) in [7, 11) is 0. The molecule has 1 aromatic rings. The second-order valence-corrected chi connectivity index (χ2v) is 6.69. The topological polar surface area (TPSA) is 38.3 Å². The lowest BCUT2D eigenvalue weighted by Gasteiger charge is -2.11. The number of carbonyl (C=O) groups is 1. The first-order valence-corrected chi connectivity index (χ1v) is 9.30. The minimum absolute atomic E-state index is 0.133. The number of amides is 1. The number of unbranched alkanes of at least 4 members (excludes halogenated alkanes) is 4. The molecule has 1 amide bonds. The van der Waals surface area contributed by atoms with Crippen molar-refractivity contribution >= 4 is 11.6 Å². The molecular formula is C20H31NO2. The number of nitrogens with one attached hydrogen (secondary N) is 1. The maximum absolute atomic E-state index is 12.1. The highest BCUT2D eigenvalue weighted by Gasteiger charge is 2.18. The van der Waals surface area contributed by atoms with E-state index in [1.54, 1.807) is 0 Å². The Morgan fingerprint density at radius 2 is 1.96 bits per heavy atom. The molecule has 1 saturated carbocycles. The maximum Gasteiger partial charge on any atom is 0.224 e. The first kappa shape index (κ1) is 17.8. The quantitative estimate of drug-likeness (QED) is 0.574. The molecule has 1 aromatic carbocycles. The van der Waals surface area contributed by atoms with E-state index >= 15 is 0 Å². The van der Waals surface area contributed by atoms with Crippen LogP contribution in [0.15, 0.2) is 24.3 Å². The van der Waals surface area contributed by atoms with Crippen molar-refractivity contribution < 1.29 is 9.53 Å². The lowest BCUT2D eigenvalue weighted by atomic mass is 10.0. The number of rotatable bonds is 10. The van der Waals surface area contributed by atoms with Gasteiger partial charge in [-0.15, -0.1) is 0 Å². The number of ether oxygens (including phenoxy) is 1. The fraction of sp³-hybridized carbons (Fsp3) is 0.650.